The van der Waals surface area contributed by atoms with Crippen LogP contribution in [0.4, 0.5) is 0 Å². The summed E-state index contributed by atoms with van der Waals surface area (Å²) in [7, 11) is 5.91. The van der Waals surface area contributed by atoms with Crippen LogP contribution in [0.15, 0.2) is 85.1 Å². The van der Waals surface area contributed by atoms with Crippen LogP contribution >= 0.6 is 0 Å². The third kappa shape index (κ3) is 54.2. The molecule has 0 rings (SSSR count). The SMILES string of the molecule is CC/C=C\C/C=C\C/C=C\C/C=C\C/C=C\CCCCCCCCCCCCCCCCCCCC(=O)OC(COC(=O)CCCCCCC/C=C\C/C=C\CCCC)COC(OCC[N+](C)(C)C)C(=O)[O-]. The molecular weight excluding hydrogens is 899 g/mol. The lowest BCUT2D eigenvalue weighted by Gasteiger charge is -2.26. The van der Waals surface area contributed by atoms with E-state index in [1.165, 1.54) is 103 Å². The van der Waals surface area contributed by atoms with Crippen molar-refractivity contribution in [3.63, 3.8) is 0 Å². The van der Waals surface area contributed by atoms with Crippen molar-refractivity contribution in [3.05, 3.63) is 85.1 Å². The van der Waals surface area contributed by atoms with E-state index < -0.39 is 24.3 Å². The van der Waals surface area contributed by atoms with Crippen molar-refractivity contribution in [1.29, 1.82) is 0 Å². The number of carbonyl (C=O) groups excluding carboxylic acids is 3. The maximum Gasteiger partial charge on any atom is 0.306 e. The molecule has 2 unspecified atom stereocenters. The second-order valence-electron chi connectivity index (χ2n) is 20.5. The van der Waals surface area contributed by atoms with Crippen LogP contribution in [-0.4, -0.2) is 82.3 Å². The number of unbranched alkanes of at least 4 members (excludes halogenated alkanes) is 24. The number of rotatable bonds is 53. The molecule has 0 saturated heterocycles. The van der Waals surface area contributed by atoms with Gasteiger partial charge < -0.3 is 33.3 Å². The van der Waals surface area contributed by atoms with Crippen LogP contribution in [0.5, 0.6) is 0 Å². The summed E-state index contributed by atoms with van der Waals surface area (Å²) in [6, 6.07) is 0. The van der Waals surface area contributed by atoms with Gasteiger partial charge >= 0.3 is 11.9 Å². The van der Waals surface area contributed by atoms with E-state index in [0.29, 0.717) is 17.4 Å². The van der Waals surface area contributed by atoms with E-state index >= 15 is 0 Å². The molecule has 72 heavy (non-hydrogen) atoms. The number of hydrogen-bond donors (Lipinski definition) is 0. The highest BCUT2D eigenvalue weighted by molar-refractivity contribution is 5.70. The lowest BCUT2D eigenvalue weighted by molar-refractivity contribution is -0.870. The van der Waals surface area contributed by atoms with E-state index in [9.17, 15) is 19.5 Å². The van der Waals surface area contributed by atoms with E-state index in [-0.39, 0.29) is 38.6 Å². The first-order valence-electron chi connectivity index (χ1n) is 29.2. The van der Waals surface area contributed by atoms with Gasteiger partial charge in [-0.3, -0.25) is 9.59 Å². The summed E-state index contributed by atoms with van der Waals surface area (Å²) in [5, 5.41) is 11.8. The van der Waals surface area contributed by atoms with Crippen LogP contribution < -0.4 is 5.11 Å². The van der Waals surface area contributed by atoms with E-state index in [2.05, 4.69) is 98.9 Å². The number of hydrogen-bond acceptors (Lipinski definition) is 8. The molecule has 0 fully saturated rings. The van der Waals surface area contributed by atoms with Gasteiger partial charge in [0, 0.05) is 12.8 Å². The minimum Gasteiger partial charge on any atom is -0.545 e. The smallest absolute Gasteiger partial charge is 0.306 e. The summed E-state index contributed by atoms with van der Waals surface area (Å²) in [4.78, 5) is 37.2. The van der Waals surface area contributed by atoms with Crippen LogP contribution in [0.25, 0.3) is 0 Å². The van der Waals surface area contributed by atoms with Crippen molar-refractivity contribution in [3.8, 4) is 0 Å². The molecule has 0 radical (unpaired) electrons. The van der Waals surface area contributed by atoms with E-state index in [0.717, 1.165) is 103 Å². The zero-order valence-corrected chi connectivity index (χ0v) is 47.0. The van der Waals surface area contributed by atoms with Crippen molar-refractivity contribution in [1.82, 2.24) is 0 Å². The summed E-state index contributed by atoms with van der Waals surface area (Å²) < 4.78 is 22.7. The number of carboxylic acids is 1. The fraction of sp³-hybridized carbons (Fsp3) is 0.730. The van der Waals surface area contributed by atoms with E-state index in [1.807, 2.05) is 21.1 Å². The Labute approximate surface area is 442 Å². The second-order valence-corrected chi connectivity index (χ2v) is 20.5. The summed E-state index contributed by atoms with van der Waals surface area (Å²) in [5.41, 5.74) is 0. The van der Waals surface area contributed by atoms with Gasteiger partial charge in [0.05, 0.1) is 40.3 Å². The van der Waals surface area contributed by atoms with Crippen LogP contribution in [0, 0.1) is 0 Å². The van der Waals surface area contributed by atoms with E-state index in [1.54, 1.807) is 0 Å². The molecule has 0 aliphatic rings. The first-order chi connectivity index (χ1) is 35.1. The number of ether oxygens (including phenoxy) is 4. The van der Waals surface area contributed by atoms with Crippen molar-refractivity contribution in [2.24, 2.45) is 0 Å². The molecule has 0 aromatic rings. The van der Waals surface area contributed by atoms with E-state index in [4.69, 9.17) is 18.9 Å². The number of nitrogens with zero attached hydrogens (tertiary/aromatic N) is 1. The van der Waals surface area contributed by atoms with Crippen molar-refractivity contribution in [2.75, 3.05) is 47.5 Å². The number of aliphatic carboxylic acids is 1. The van der Waals surface area contributed by atoms with Crippen molar-refractivity contribution < 1.29 is 42.9 Å². The Morgan fingerprint density at radius 3 is 1.18 bits per heavy atom. The summed E-state index contributed by atoms with van der Waals surface area (Å²) in [5.74, 6) is -2.30. The lowest BCUT2D eigenvalue weighted by atomic mass is 10.0. The van der Waals surface area contributed by atoms with Gasteiger partial charge in [0.2, 0.25) is 0 Å². The highest BCUT2D eigenvalue weighted by atomic mass is 16.7. The Balaban J connectivity index is 4.12. The minimum atomic E-state index is -1.63. The predicted molar refractivity (Wildman–Crippen MR) is 301 cm³/mol. The second kappa shape index (κ2) is 53.8. The van der Waals surface area contributed by atoms with Crippen molar-refractivity contribution in [2.45, 2.75) is 251 Å². The first-order valence-corrected chi connectivity index (χ1v) is 29.2. The van der Waals surface area contributed by atoms with Crippen LogP contribution in [0.2, 0.25) is 0 Å². The molecule has 0 amide bonds. The molecule has 0 N–H and O–H groups in total. The number of likely N-dealkylation sites (N-methyl/N-ethyl adjacent to an activating group) is 1. The fourth-order valence-corrected chi connectivity index (χ4v) is 7.87. The normalized spacial score (nSPS) is 13.4. The molecule has 414 valence electrons. The minimum absolute atomic E-state index is 0.143. The zero-order chi connectivity index (χ0) is 52.7. The predicted octanol–water partition coefficient (Wildman–Crippen LogP) is 15.8. The molecule has 0 heterocycles. The monoisotopic (exact) mass is 1010 g/mol. The molecule has 9 nitrogen and oxygen atoms in total. The number of esters is 2. The molecule has 0 aliphatic heterocycles. The molecule has 0 spiro atoms. The van der Waals surface area contributed by atoms with Gasteiger partial charge in [-0.05, 0) is 83.5 Å². The molecule has 0 aromatic heterocycles. The standard InChI is InChI=1S/C63H109NO8/c1-6-8-10-12-14-16-18-20-22-23-24-25-26-27-28-29-30-31-32-33-34-35-36-37-38-39-40-42-44-46-48-50-52-54-61(66)72-59(58-71-63(62(67)68)69-56-55-64(3,4)5)57-70-60(65)53-51-49-47-45-43-41-21-19-17-15-13-11-9-7-2/h8,10,13-16,19-22,24-25,27-28,59,63H,6-7,9,11-12,17-18,23,26,29-58H2,1-5H3/b10-8-,15-13-,16-14-,21-19-,22-20-,25-24-,28-27-. The number of allylic oxidation sites excluding steroid dienone is 14. The quantitative estimate of drug-likeness (QED) is 0.0195. The van der Waals surface area contributed by atoms with Crippen molar-refractivity contribution >= 4 is 17.9 Å². The van der Waals surface area contributed by atoms with Gasteiger partial charge in [0.1, 0.15) is 13.2 Å². The Hall–Kier alpha value is -3.53. The highest BCUT2D eigenvalue weighted by Crippen LogP contribution is 2.16. The summed E-state index contributed by atoms with van der Waals surface area (Å²) in [6.45, 7) is 4.58. The Morgan fingerprint density at radius 2 is 0.792 bits per heavy atom. The third-order valence-corrected chi connectivity index (χ3v) is 12.4. The molecule has 0 aliphatic carbocycles. The Morgan fingerprint density at radius 1 is 0.431 bits per heavy atom. The zero-order valence-electron chi connectivity index (χ0n) is 47.0. The largest absolute Gasteiger partial charge is 0.545 e. The molecular formula is C63H109NO8. The molecule has 0 bridgehead atoms. The number of carboxylic acid groups (broad SMARTS) is 1. The van der Waals surface area contributed by atoms with Gasteiger partial charge in [0.15, 0.2) is 12.4 Å². The Kier molecular flexibility index (Phi) is 51.1. The lowest BCUT2D eigenvalue weighted by Crippen LogP contribution is -2.44. The fourth-order valence-electron chi connectivity index (χ4n) is 7.87. The average molecular weight is 1010 g/mol. The maximum absolute atomic E-state index is 12.9. The topological polar surface area (TPSA) is 111 Å². The number of quaternary nitrogens is 1. The maximum atomic E-state index is 12.9. The number of carbonyl (C=O) groups is 3. The van der Waals surface area contributed by atoms with Gasteiger partial charge in [-0.15, -0.1) is 0 Å². The van der Waals surface area contributed by atoms with Crippen LogP contribution in [-0.2, 0) is 33.3 Å². The summed E-state index contributed by atoms with van der Waals surface area (Å²) in [6.07, 6.45) is 67.8. The van der Waals surface area contributed by atoms with Gasteiger partial charge in [-0.2, -0.15) is 0 Å². The Bertz CT molecular complexity index is 1450. The van der Waals surface area contributed by atoms with Crippen LogP contribution in [0.1, 0.15) is 239 Å². The van der Waals surface area contributed by atoms with Gasteiger partial charge in [0.25, 0.3) is 0 Å². The molecule has 2 atom stereocenters. The highest BCUT2D eigenvalue weighted by Gasteiger charge is 2.22. The van der Waals surface area contributed by atoms with Crippen LogP contribution in [0.3, 0.4) is 0 Å². The molecule has 9 heteroatoms. The van der Waals surface area contributed by atoms with Gasteiger partial charge in [-0.1, -0.05) is 227 Å². The molecule has 0 aromatic carbocycles. The molecule has 0 saturated carbocycles. The third-order valence-electron chi connectivity index (χ3n) is 12.4. The summed E-state index contributed by atoms with van der Waals surface area (Å²) >= 11 is 0. The first kappa shape index (κ1) is 68.5. The average Bonchev–Trinajstić information content (AvgIpc) is 3.35. The van der Waals surface area contributed by atoms with Gasteiger partial charge in [-0.25, -0.2) is 0 Å².